The van der Waals surface area contributed by atoms with Crippen LogP contribution in [0.2, 0.25) is 0 Å². The maximum Gasteiger partial charge on any atom is 0.247 e. The van der Waals surface area contributed by atoms with E-state index in [1.165, 1.54) is 6.08 Å². The third-order valence-corrected chi connectivity index (χ3v) is 2.56. The molecule has 68 valence electrons. The van der Waals surface area contributed by atoms with E-state index in [0.29, 0.717) is 0 Å². The van der Waals surface area contributed by atoms with E-state index in [-0.39, 0.29) is 5.91 Å². The number of rotatable bonds is 2. The molecule has 0 aliphatic carbocycles. The zero-order chi connectivity index (χ0) is 9.84. The van der Waals surface area contributed by atoms with Crippen LogP contribution in [0.25, 0.3) is 0 Å². The highest BCUT2D eigenvalue weighted by Crippen LogP contribution is 2.25. The van der Waals surface area contributed by atoms with Crippen molar-refractivity contribution in [2.24, 2.45) is 0 Å². The normalized spacial score (nSPS) is 9.38. The topological polar surface area (TPSA) is 29.1 Å². The average molecular weight is 305 g/mol. The van der Waals surface area contributed by atoms with Crippen LogP contribution in [0.1, 0.15) is 0 Å². The summed E-state index contributed by atoms with van der Waals surface area (Å²) in [6.45, 7) is 3.37. The molecule has 0 aromatic heterocycles. The summed E-state index contributed by atoms with van der Waals surface area (Å²) in [6.07, 6.45) is 1.23. The van der Waals surface area contributed by atoms with Crippen molar-refractivity contribution in [1.82, 2.24) is 0 Å². The Balaban J connectivity index is 2.93. The monoisotopic (exact) mass is 303 g/mol. The standard InChI is InChI=1S/C9H7Br2NO/c1-2-9(13)12-8-5-6(10)3-4-7(8)11/h2-5H,1H2,(H,12,13). The molecule has 0 unspecified atom stereocenters. The summed E-state index contributed by atoms with van der Waals surface area (Å²) in [5, 5.41) is 2.67. The minimum Gasteiger partial charge on any atom is -0.321 e. The Bertz CT molecular complexity index is 349. The van der Waals surface area contributed by atoms with E-state index in [0.717, 1.165) is 14.6 Å². The van der Waals surface area contributed by atoms with E-state index in [1.807, 2.05) is 18.2 Å². The van der Waals surface area contributed by atoms with Crippen LogP contribution in [-0.4, -0.2) is 5.91 Å². The highest BCUT2D eigenvalue weighted by Gasteiger charge is 2.02. The zero-order valence-corrected chi connectivity index (χ0v) is 9.85. The number of carbonyl (C=O) groups excluding carboxylic acids is 1. The predicted octanol–water partition coefficient (Wildman–Crippen LogP) is 3.34. The van der Waals surface area contributed by atoms with Gasteiger partial charge >= 0.3 is 0 Å². The minimum absolute atomic E-state index is 0.223. The van der Waals surface area contributed by atoms with Crippen LogP contribution in [0.4, 0.5) is 5.69 Å². The molecule has 2 nitrogen and oxygen atoms in total. The van der Waals surface area contributed by atoms with Gasteiger partial charge in [-0.25, -0.2) is 0 Å². The highest BCUT2D eigenvalue weighted by atomic mass is 79.9. The van der Waals surface area contributed by atoms with E-state index in [2.05, 4.69) is 43.8 Å². The number of nitrogens with one attached hydrogen (secondary N) is 1. The van der Waals surface area contributed by atoms with E-state index in [9.17, 15) is 4.79 Å². The number of benzene rings is 1. The van der Waals surface area contributed by atoms with Crippen LogP contribution in [0.15, 0.2) is 39.8 Å². The molecule has 0 fully saturated rings. The van der Waals surface area contributed by atoms with Gasteiger partial charge in [-0.3, -0.25) is 4.79 Å². The molecule has 0 heterocycles. The molecule has 0 aliphatic heterocycles. The Hall–Kier alpha value is -0.610. The highest BCUT2D eigenvalue weighted by molar-refractivity contribution is 9.11. The molecule has 0 saturated carbocycles. The van der Waals surface area contributed by atoms with E-state index >= 15 is 0 Å². The smallest absolute Gasteiger partial charge is 0.247 e. The summed E-state index contributed by atoms with van der Waals surface area (Å²) in [7, 11) is 0. The number of amides is 1. The molecule has 0 spiro atoms. The average Bonchev–Trinajstić information content (AvgIpc) is 2.11. The Morgan fingerprint density at radius 3 is 2.77 bits per heavy atom. The van der Waals surface area contributed by atoms with Gasteiger partial charge in [-0.1, -0.05) is 22.5 Å². The Kier molecular flexibility index (Phi) is 3.69. The summed E-state index contributed by atoms with van der Waals surface area (Å²) < 4.78 is 1.75. The number of hydrogen-bond acceptors (Lipinski definition) is 1. The number of hydrogen-bond donors (Lipinski definition) is 1. The SMILES string of the molecule is C=CC(=O)Nc1cc(Br)ccc1Br. The van der Waals surface area contributed by atoms with Crippen molar-refractivity contribution in [2.45, 2.75) is 0 Å². The van der Waals surface area contributed by atoms with E-state index in [4.69, 9.17) is 0 Å². The van der Waals surface area contributed by atoms with Crippen LogP contribution in [0.3, 0.4) is 0 Å². The van der Waals surface area contributed by atoms with Crippen LogP contribution in [0.5, 0.6) is 0 Å². The minimum atomic E-state index is -0.223. The first-order chi connectivity index (χ1) is 6.13. The Labute approximate surface area is 93.3 Å². The van der Waals surface area contributed by atoms with Gasteiger partial charge in [0, 0.05) is 8.95 Å². The van der Waals surface area contributed by atoms with Gasteiger partial charge in [-0.15, -0.1) is 0 Å². The largest absolute Gasteiger partial charge is 0.321 e. The van der Waals surface area contributed by atoms with Gasteiger partial charge in [0.1, 0.15) is 0 Å². The molecule has 1 amide bonds. The first kappa shape index (κ1) is 10.5. The Morgan fingerprint density at radius 1 is 1.46 bits per heavy atom. The van der Waals surface area contributed by atoms with E-state index < -0.39 is 0 Å². The van der Waals surface area contributed by atoms with Crippen molar-refractivity contribution in [3.8, 4) is 0 Å². The summed E-state index contributed by atoms with van der Waals surface area (Å²) in [6, 6.07) is 5.54. The fourth-order valence-corrected chi connectivity index (χ4v) is 1.48. The second-order valence-electron chi connectivity index (χ2n) is 2.32. The van der Waals surface area contributed by atoms with E-state index in [1.54, 1.807) is 0 Å². The second-order valence-corrected chi connectivity index (χ2v) is 4.09. The van der Waals surface area contributed by atoms with Gasteiger partial charge in [0.05, 0.1) is 5.69 Å². The summed E-state index contributed by atoms with van der Waals surface area (Å²) in [4.78, 5) is 11.0. The van der Waals surface area contributed by atoms with Gasteiger partial charge in [0.15, 0.2) is 0 Å². The van der Waals surface area contributed by atoms with Crippen LogP contribution in [-0.2, 0) is 4.79 Å². The molecule has 1 aromatic carbocycles. The molecule has 4 heteroatoms. The molecule has 0 radical (unpaired) electrons. The van der Waals surface area contributed by atoms with Crippen LogP contribution in [0, 0.1) is 0 Å². The maximum absolute atomic E-state index is 11.0. The van der Waals surface area contributed by atoms with Crippen molar-refractivity contribution in [3.63, 3.8) is 0 Å². The van der Waals surface area contributed by atoms with Gasteiger partial charge in [-0.05, 0) is 40.2 Å². The molecule has 1 rings (SSSR count). The molecule has 0 bridgehead atoms. The number of halogens is 2. The third kappa shape index (κ3) is 2.97. The summed E-state index contributed by atoms with van der Waals surface area (Å²) in [5.41, 5.74) is 0.722. The number of anilines is 1. The lowest BCUT2D eigenvalue weighted by molar-refractivity contribution is -0.111. The maximum atomic E-state index is 11.0. The molecule has 1 aromatic rings. The molecular formula is C9H7Br2NO. The summed E-state index contributed by atoms with van der Waals surface area (Å²) in [5.74, 6) is -0.223. The van der Waals surface area contributed by atoms with Crippen molar-refractivity contribution in [1.29, 1.82) is 0 Å². The van der Waals surface area contributed by atoms with Crippen molar-refractivity contribution >= 4 is 43.5 Å². The molecule has 0 saturated heterocycles. The van der Waals surface area contributed by atoms with Crippen molar-refractivity contribution in [3.05, 3.63) is 39.8 Å². The van der Waals surface area contributed by atoms with Gasteiger partial charge in [0.2, 0.25) is 5.91 Å². The lowest BCUT2D eigenvalue weighted by Crippen LogP contribution is -2.07. The van der Waals surface area contributed by atoms with Crippen molar-refractivity contribution < 1.29 is 4.79 Å². The molecule has 1 N–H and O–H groups in total. The van der Waals surface area contributed by atoms with Crippen LogP contribution < -0.4 is 5.32 Å². The lowest BCUT2D eigenvalue weighted by atomic mass is 10.3. The molecule has 0 atom stereocenters. The zero-order valence-electron chi connectivity index (χ0n) is 6.68. The third-order valence-electron chi connectivity index (χ3n) is 1.37. The molecular weight excluding hydrogens is 298 g/mol. The lowest BCUT2D eigenvalue weighted by Gasteiger charge is -2.04. The fourth-order valence-electron chi connectivity index (χ4n) is 0.777. The van der Waals surface area contributed by atoms with Gasteiger partial charge in [0.25, 0.3) is 0 Å². The molecule has 13 heavy (non-hydrogen) atoms. The predicted molar refractivity (Wildman–Crippen MR) is 60.7 cm³/mol. The Morgan fingerprint density at radius 2 is 2.15 bits per heavy atom. The summed E-state index contributed by atoms with van der Waals surface area (Å²) >= 11 is 6.63. The fraction of sp³-hybridized carbons (Fsp3) is 0. The number of carbonyl (C=O) groups is 1. The first-order valence-electron chi connectivity index (χ1n) is 3.52. The van der Waals surface area contributed by atoms with Gasteiger partial charge in [-0.2, -0.15) is 0 Å². The quantitative estimate of drug-likeness (QED) is 0.834. The van der Waals surface area contributed by atoms with Gasteiger partial charge < -0.3 is 5.32 Å². The molecule has 0 aliphatic rings. The second kappa shape index (κ2) is 4.58. The van der Waals surface area contributed by atoms with Crippen molar-refractivity contribution in [2.75, 3.05) is 5.32 Å². The first-order valence-corrected chi connectivity index (χ1v) is 5.10. The van der Waals surface area contributed by atoms with Crippen LogP contribution >= 0.6 is 31.9 Å².